The van der Waals surface area contributed by atoms with Gasteiger partial charge in [-0.2, -0.15) is 0 Å². The van der Waals surface area contributed by atoms with Gasteiger partial charge in [-0.15, -0.1) is 0 Å². The van der Waals surface area contributed by atoms with E-state index in [1.165, 1.54) is 6.07 Å². The molecule has 0 radical (unpaired) electrons. The second-order valence-corrected chi connectivity index (χ2v) is 4.96. The highest BCUT2D eigenvalue weighted by atomic mass is 19.1. The van der Waals surface area contributed by atoms with Gasteiger partial charge in [0.2, 0.25) is 0 Å². The molecule has 2 aromatic carbocycles. The first-order valence-electron chi connectivity index (χ1n) is 7.37. The summed E-state index contributed by atoms with van der Waals surface area (Å²) in [6, 6.07) is 10.9. The second-order valence-electron chi connectivity index (χ2n) is 4.96. The average molecular weight is 303 g/mol. The Hall–Kier alpha value is -2.16. The van der Waals surface area contributed by atoms with Gasteiger partial charge in [0.1, 0.15) is 11.6 Å². The topological polar surface area (TPSA) is 3.24 Å². The lowest BCUT2D eigenvalue weighted by atomic mass is 10.0. The third-order valence-corrected chi connectivity index (χ3v) is 3.23. The van der Waals surface area contributed by atoms with Crippen LogP contribution in [-0.2, 0) is 6.42 Å². The molecule has 3 heteroatoms. The summed E-state index contributed by atoms with van der Waals surface area (Å²) in [6.45, 7) is 7.97. The summed E-state index contributed by atoms with van der Waals surface area (Å²) >= 11 is 0. The minimum absolute atomic E-state index is 0.281. The number of likely N-dealkylation sites (N-methyl/N-ethyl adjacent to an activating group) is 1. The van der Waals surface area contributed by atoms with Gasteiger partial charge in [0.15, 0.2) is 0 Å². The van der Waals surface area contributed by atoms with Crippen molar-refractivity contribution in [2.24, 2.45) is 0 Å². The molecule has 0 amide bonds. The highest BCUT2D eigenvalue weighted by Gasteiger charge is 2.07. The van der Waals surface area contributed by atoms with E-state index in [9.17, 15) is 8.78 Å². The van der Waals surface area contributed by atoms with E-state index in [1.54, 1.807) is 12.1 Å². The molecule has 0 saturated heterocycles. The van der Waals surface area contributed by atoms with E-state index < -0.39 is 11.6 Å². The zero-order chi connectivity index (χ0) is 16.7. The number of allylic oxidation sites excluding steroid dienone is 1. The maximum Gasteiger partial charge on any atom is 0.131 e. The maximum absolute atomic E-state index is 13.7. The molecule has 0 bridgehead atoms. The summed E-state index contributed by atoms with van der Waals surface area (Å²) in [5.74, 6) is -0.858. The monoisotopic (exact) mass is 303 g/mol. The molecule has 0 N–H and O–H groups in total. The molecule has 22 heavy (non-hydrogen) atoms. The first-order chi connectivity index (χ1) is 10.5. The van der Waals surface area contributed by atoms with Crippen LogP contribution in [0.2, 0.25) is 0 Å². The highest BCUT2D eigenvalue weighted by molar-refractivity contribution is 5.64. The van der Waals surface area contributed by atoms with E-state index in [0.29, 0.717) is 5.56 Å². The summed E-state index contributed by atoms with van der Waals surface area (Å²) < 4.78 is 26.9. The van der Waals surface area contributed by atoms with Crippen LogP contribution in [0.15, 0.2) is 54.7 Å². The van der Waals surface area contributed by atoms with E-state index in [4.69, 9.17) is 0 Å². The summed E-state index contributed by atoms with van der Waals surface area (Å²) in [7, 11) is 3.89. The zero-order valence-corrected chi connectivity index (χ0v) is 13.7. The van der Waals surface area contributed by atoms with E-state index in [1.807, 2.05) is 45.0 Å². The van der Waals surface area contributed by atoms with Crippen molar-refractivity contribution in [1.82, 2.24) is 4.90 Å². The van der Waals surface area contributed by atoms with E-state index in [2.05, 4.69) is 6.58 Å². The number of benzene rings is 2. The number of hydrogen-bond donors (Lipinski definition) is 0. The Balaban J connectivity index is 0.00000116. The lowest BCUT2D eigenvalue weighted by molar-refractivity contribution is 0.501. The molecule has 0 fully saturated rings. The van der Waals surface area contributed by atoms with Crippen molar-refractivity contribution < 1.29 is 8.78 Å². The molecular formula is C19H23F2N. The van der Waals surface area contributed by atoms with Crippen molar-refractivity contribution in [2.45, 2.75) is 20.3 Å². The molecule has 0 aliphatic carbocycles. The largest absolute Gasteiger partial charge is 0.381 e. The van der Waals surface area contributed by atoms with Gasteiger partial charge in [-0.25, -0.2) is 8.78 Å². The van der Waals surface area contributed by atoms with Gasteiger partial charge >= 0.3 is 0 Å². The fraction of sp³-hybridized carbons (Fsp3) is 0.263. The Kier molecular flexibility index (Phi) is 6.77. The Bertz CT molecular complexity index is 616. The van der Waals surface area contributed by atoms with Crippen molar-refractivity contribution >= 4 is 0 Å². The fourth-order valence-corrected chi connectivity index (χ4v) is 1.91. The Morgan fingerprint density at radius 3 is 2.14 bits per heavy atom. The van der Waals surface area contributed by atoms with Gasteiger partial charge in [-0.05, 0) is 29.3 Å². The van der Waals surface area contributed by atoms with Crippen LogP contribution in [0.25, 0.3) is 11.1 Å². The predicted octanol–water partition coefficient (Wildman–Crippen LogP) is 5.28. The summed E-state index contributed by atoms with van der Waals surface area (Å²) in [5.41, 5.74) is 3.03. The Morgan fingerprint density at radius 2 is 1.59 bits per heavy atom. The number of halogens is 2. The minimum Gasteiger partial charge on any atom is -0.381 e. The van der Waals surface area contributed by atoms with Crippen molar-refractivity contribution in [2.75, 3.05) is 14.1 Å². The van der Waals surface area contributed by atoms with E-state index in [0.717, 1.165) is 29.8 Å². The molecule has 0 heterocycles. The Labute approximate surface area is 131 Å². The van der Waals surface area contributed by atoms with Crippen LogP contribution in [0.3, 0.4) is 0 Å². The molecule has 0 aliphatic heterocycles. The smallest absolute Gasteiger partial charge is 0.131 e. The van der Waals surface area contributed by atoms with Crippen LogP contribution in [0.1, 0.15) is 19.4 Å². The van der Waals surface area contributed by atoms with Gasteiger partial charge < -0.3 is 4.90 Å². The third-order valence-electron chi connectivity index (χ3n) is 3.23. The summed E-state index contributed by atoms with van der Waals surface area (Å²) in [5, 5.41) is 0. The highest BCUT2D eigenvalue weighted by Crippen LogP contribution is 2.24. The molecule has 0 aromatic heterocycles. The predicted molar refractivity (Wildman–Crippen MR) is 89.7 cm³/mol. The molecule has 0 saturated carbocycles. The quantitative estimate of drug-likeness (QED) is 0.743. The van der Waals surface area contributed by atoms with Gasteiger partial charge in [0, 0.05) is 31.8 Å². The second kappa shape index (κ2) is 8.32. The van der Waals surface area contributed by atoms with Crippen LogP contribution in [-0.4, -0.2) is 19.0 Å². The maximum atomic E-state index is 13.7. The van der Waals surface area contributed by atoms with E-state index in [-0.39, 0.29) is 5.56 Å². The van der Waals surface area contributed by atoms with Crippen molar-refractivity contribution in [3.8, 4) is 11.1 Å². The fourth-order valence-electron chi connectivity index (χ4n) is 1.91. The number of rotatable bonds is 4. The molecule has 0 unspecified atom stereocenters. The molecule has 0 spiro atoms. The van der Waals surface area contributed by atoms with Crippen LogP contribution >= 0.6 is 0 Å². The minimum atomic E-state index is -0.438. The molecule has 2 aromatic rings. The van der Waals surface area contributed by atoms with Crippen molar-refractivity contribution in [3.63, 3.8) is 0 Å². The lowest BCUT2D eigenvalue weighted by Crippen LogP contribution is -2.11. The average Bonchev–Trinajstić information content (AvgIpc) is 2.52. The molecule has 2 rings (SSSR count). The lowest BCUT2D eigenvalue weighted by Gasteiger charge is -2.15. The summed E-state index contributed by atoms with van der Waals surface area (Å²) in [4.78, 5) is 1.96. The number of nitrogens with zero attached hydrogens (tertiary/aromatic N) is 1. The molecule has 0 atom stereocenters. The van der Waals surface area contributed by atoms with Crippen LogP contribution in [0.4, 0.5) is 8.78 Å². The van der Waals surface area contributed by atoms with Crippen LogP contribution < -0.4 is 0 Å². The van der Waals surface area contributed by atoms with Crippen molar-refractivity contribution in [3.05, 3.63) is 71.9 Å². The normalized spacial score (nSPS) is 9.73. The molecule has 0 aliphatic rings. The zero-order valence-electron chi connectivity index (χ0n) is 13.7. The van der Waals surface area contributed by atoms with Gasteiger partial charge in [0.25, 0.3) is 0 Å². The van der Waals surface area contributed by atoms with Gasteiger partial charge in [-0.3, -0.25) is 0 Å². The molecule has 1 nitrogen and oxygen atoms in total. The first kappa shape index (κ1) is 17.9. The Morgan fingerprint density at radius 1 is 1.00 bits per heavy atom. The molecular weight excluding hydrogens is 280 g/mol. The molecule has 118 valence electrons. The SMILES string of the molecule is C=C(Cc1ccc(-c2cc(F)ccc2F)cc1)N(C)C.CC. The van der Waals surface area contributed by atoms with E-state index >= 15 is 0 Å². The van der Waals surface area contributed by atoms with Crippen LogP contribution in [0.5, 0.6) is 0 Å². The summed E-state index contributed by atoms with van der Waals surface area (Å²) in [6.07, 6.45) is 0.735. The third kappa shape index (κ3) is 4.69. The van der Waals surface area contributed by atoms with Gasteiger partial charge in [0.05, 0.1) is 0 Å². The van der Waals surface area contributed by atoms with Crippen LogP contribution in [0, 0.1) is 11.6 Å². The van der Waals surface area contributed by atoms with Gasteiger partial charge in [-0.1, -0.05) is 44.7 Å². The number of hydrogen-bond acceptors (Lipinski definition) is 1. The first-order valence-corrected chi connectivity index (χ1v) is 7.37. The van der Waals surface area contributed by atoms with Crippen molar-refractivity contribution in [1.29, 1.82) is 0 Å². The standard InChI is InChI=1S/C17H17F2N.C2H6/c1-12(20(2)3)10-13-4-6-14(7-5-13)16-11-15(18)8-9-17(16)19;1-2/h4-9,11H,1,10H2,2-3H3;1-2H3.